The van der Waals surface area contributed by atoms with E-state index in [0.717, 1.165) is 33.6 Å². The van der Waals surface area contributed by atoms with Gasteiger partial charge in [0.25, 0.3) is 0 Å². The number of hydrogen-bond acceptors (Lipinski definition) is 3. The Morgan fingerprint density at radius 1 is 1.15 bits per heavy atom. The fourth-order valence-corrected chi connectivity index (χ4v) is 2.35. The summed E-state index contributed by atoms with van der Waals surface area (Å²) in [4.78, 5) is 0. The summed E-state index contributed by atoms with van der Waals surface area (Å²) >= 11 is 3.48. The lowest BCUT2D eigenvalue weighted by atomic mass is 10.2. The molecule has 4 heteroatoms. The summed E-state index contributed by atoms with van der Waals surface area (Å²) in [5.41, 5.74) is 2.22. The zero-order valence-electron chi connectivity index (χ0n) is 11.7. The van der Waals surface area contributed by atoms with Gasteiger partial charge in [0.2, 0.25) is 0 Å². The van der Waals surface area contributed by atoms with Crippen molar-refractivity contribution in [3.05, 3.63) is 58.1 Å². The molecule has 0 aliphatic heterocycles. The topological polar surface area (TPSA) is 30.5 Å². The van der Waals surface area contributed by atoms with Gasteiger partial charge in [-0.25, -0.2) is 0 Å². The number of methoxy groups -OCH3 is 1. The first-order chi connectivity index (χ1) is 9.72. The third-order valence-electron chi connectivity index (χ3n) is 2.92. The number of ether oxygens (including phenoxy) is 2. The smallest absolute Gasteiger partial charge is 0.124 e. The van der Waals surface area contributed by atoms with Gasteiger partial charge in [-0.1, -0.05) is 28.1 Å². The van der Waals surface area contributed by atoms with E-state index in [2.05, 4.69) is 27.3 Å². The standard InChI is InChI=1S/C16H18BrNO2/c1-18-10-13-9-14(17)6-7-16(13)20-11-12-4-3-5-15(8-12)19-2/h3-9,18H,10-11H2,1-2H3. The average Bonchev–Trinajstić information content (AvgIpc) is 2.47. The lowest BCUT2D eigenvalue weighted by molar-refractivity contribution is 0.301. The molecule has 0 atom stereocenters. The summed E-state index contributed by atoms with van der Waals surface area (Å²) in [5.74, 6) is 1.74. The van der Waals surface area contributed by atoms with Gasteiger partial charge in [-0.3, -0.25) is 0 Å². The normalized spacial score (nSPS) is 10.3. The summed E-state index contributed by atoms with van der Waals surface area (Å²) in [5, 5.41) is 3.15. The number of halogens is 1. The second-order valence-corrected chi connectivity index (χ2v) is 5.34. The zero-order chi connectivity index (χ0) is 14.4. The maximum atomic E-state index is 5.91. The molecule has 0 spiro atoms. The van der Waals surface area contributed by atoms with Crippen LogP contribution in [0.25, 0.3) is 0 Å². The Labute approximate surface area is 128 Å². The molecule has 2 aromatic carbocycles. The maximum Gasteiger partial charge on any atom is 0.124 e. The Kier molecular flexibility index (Phi) is 5.44. The van der Waals surface area contributed by atoms with Gasteiger partial charge in [0.1, 0.15) is 18.1 Å². The van der Waals surface area contributed by atoms with Crippen LogP contribution in [0.15, 0.2) is 46.9 Å². The molecule has 1 N–H and O–H groups in total. The van der Waals surface area contributed by atoms with Gasteiger partial charge >= 0.3 is 0 Å². The summed E-state index contributed by atoms with van der Waals surface area (Å²) < 4.78 is 12.2. The van der Waals surface area contributed by atoms with Crippen LogP contribution in [0.4, 0.5) is 0 Å². The first-order valence-corrected chi connectivity index (χ1v) is 7.21. The van der Waals surface area contributed by atoms with Crippen LogP contribution in [0.2, 0.25) is 0 Å². The largest absolute Gasteiger partial charge is 0.497 e. The van der Waals surface area contributed by atoms with Crippen molar-refractivity contribution < 1.29 is 9.47 Å². The molecule has 0 bridgehead atoms. The third-order valence-corrected chi connectivity index (χ3v) is 3.41. The predicted molar refractivity (Wildman–Crippen MR) is 84.2 cm³/mol. The van der Waals surface area contributed by atoms with Crippen LogP contribution in [0.3, 0.4) is 0 Å². The van der Waals surface area contributed by atoms with Crippen molar-refractivity contribution in [1.29, 1.82) is 0 Å². The van der Waals surface area contributed by atoms with Crippen molar-refractivity contribution in [2.24, 2.45) is 0 Å². The van der Waals surface area contributed by atoms with E-state index in [9.17, 15) is 0 Å². The van der Waals surface area contributed by atoms with Crippen LogP contribution in [-0.4, -0.2) is 14.2 Å². The fraction of sp³-hybridized carbons (Fsp3) is 0.250. The molecule has 0 radical (unpaired) electrons. The molecule has 0 unspecified atom stereocenters. The first kappa shape index (κ1) is 14.9. The van der Waals surface area contributed by atoms with Gasteiger partial charge in [-0.15, -0.1) is 0 Å². The van der Waals surface area contributed by atoms with Crippen LogP contribution < -0.4 is 14.8 Å². The Morgan fingerprint density at radius 2 is 2.00 bits per heavy atom. The number of nitrogens with one attached hydrogen (secondary N) is 1. The lowest BCUT2D eigenvalue weighted by Crippen LogP contribution is -2.07. The van der Waals surface area contributed by atoms with E-state index >= 15 is 0 Å². The Bertz CT molecular complexity index is 572. The molecule has 0 aromatic heterocycles. The van der Waals surface area contributed by atoms with Crippen molar-refractivity contribution in [1.82, 2.24) is 5.32 Å². The Balaban J connectivity index is 2.09. The van der Waals surface area contributed by atoms with Crippen LogP contribution in [0.5, 0.6) is 11.5 Å². The van der Waals surface area contributed by atoms with Crippen LogP contribution in [0, 0.1) is 0 Å². The number of hydrogen-bond donors (Lipinski definition) is 1. The molecule has 0 saturated heterocycles. The second kappa shape index (κ2) is 7.31. The Hall–Kier alpha value is -1.52. The second-order valence-electron chi connectivity index (χ2n) is 4.42. The minimum atomic E-state index is 0.523. The molecule has 20 heavy (non-hydrogen) atoms. The molecule has 106 valence electrons. The van der Waals surface area contributed by atoms with E-state index in [1.54, 1.807) is 7.11 Å². The van der Waals surface area contributed by atoms with E-state index in [1.807, 2.05) is 43.4 Å². The molecule has 2 rings (SSSR count). The van der Waals surface area contributed by atoms with E-state index in [-0.39, 0.29) is 0 Å². The highest BCUT2D eigenvalue weighted by Crippen LogP contribution is 2.24. The molecular formula is C16H18BrNO2. The summed E-state index contributed by atoms with van der Waals surface area (Å²) in [7, 11) is 3.59. The number of rotatable bonds is 6. The first-order valence-electron chi connectivity index (χ1n) is 6.41. The fourth-order valence-electron chi connectivity index (χ4n) is 1.94. The van der Waals surface area contributed by atoms with Gasteiger partial charge in [-0.2, -0.15) is 0 Å². The molecule has 3 nitrogen and oxygen atoms in total. The lowest BCUT2D eigenvalue weighted by Gasteiger charge is -2.12. The monoisotopic (exact) mass is 335 g/mol. The molecular weight excluding hydrogens is 318 g/mol. The highest BCUT2D eigenvalue weighted by Gasteiger charge is 2.05. The van der Waals surface area contributed by atoms with Gasteiger partial charge in [0.05, 0.1) is 7.11 Å². The molecule has 0 amide bonds. The minimum Gasteiger partial charge on any atom is -0.497 e. The number of benzene rings is 2. The van der Waals surface area contributed by atoms with Crippen molar-refractivity contribution in [3.8, 4) is 11.5 Å². The molecule has 2 aromatic rings. The van der Waals surface area contributed by atoms with Crippen LogP contribution in [-0.2, 0) is 13.2 Å². The SMILES string of the molecule is CNCc1cc(Br)ccc1OCc1cccc(OC)c1. The third kappa shape index (κ3) is 3.99. The van der Waals surface area contributed by atoms with Crippen molar-refractivity contribution in [2.45, 2.75) is 13.2 Å². The quantitative estimate of drug-likeness (QED) is 0.871. The van der Waals surface area contributed by atoms with E-state index in [0.29, 0.717) is 6.61 Å². The van der Waals surface area contributed by atoms with E-state index in [4.69, 9.17) is 9.47 Å². The minimum absolute atomic E-state index is 0.523. The van der Waals surface area contributed by atoms with Crippen molar-refractivity contribution in [3.63, 3.8) is 0 Å². The maximum absolute atomic E-state index is 5.91. The summed E-state index contributed by atoms with van der Waals surface area (Å²) in [6.07, 6.45) is 0. The zero-order valence-corrected chi connectivity index (χ0v) is 13.2. The summed E-state index contributed by atoms with van der Waals surface area (Å²) in [6.45, 7) is 1.29. The average molecular weight is 336 g/mol. The highest BCUT2D eigenvalue weighted by atomic mass is 79.9. The molecule has 0 saturated carbocycles. The van der Waals surface area contributed by atoms with E-state index < -0.39 is 0 Å². The summed E-state index contributed by atoms with van der Waals surface area (Å²) in [6, 6.07) is 13.9. The van der Waals surface area contributed by atoms with Crippen molar-refractivity contribution >= 4 is 15.9 Å². The van der Waals surface area contributed by atoms with Gasteiger partial charge in [0.15, 0.2) is 0 Å². The molecule has 0 heterocycles. The Morgan fingerprint density at radius 3 is 2.75 bits per heavy atom. The molecule has 0 aliphatic carbocycles. The molecule has 0 aliphatic rings. The van der Waals surface area contributed by atoms with Crippen LogP contribution >= 0.6 is 15.9 Å². The predicted octanol–water partition coefficient (Wildman–Crippen LogP) is 3.76. The van der Waals surface area contributed by atoms with Gasteiger partial charge in [-0.05, 0) is 42.9 Å². The van der Waals surface area contributed by atoms with Crippen molar-refractivity contribution in [2.75, 3.05) is 14.2 Å². The van der Waals surface area contributed by atoms with E-state index in [1.165, 1.54) is 0 Å². The van der Waals surface area contributed by atoms with Gasteiger partial charge < -0.3 is 14.8 Å². The van der Waals surface area contributed by atoms with Crippen LogP contribution in [0.1, 0.15) is 11.1 Å². The highest BCUT2D eigenvalue weighted by molar-refractivity contribution is 9.10. The van der Waals surface area contributed by atoms with Gasteiger partial charge in [0, 0.05) is 16.6 Å². The molecule has 0 fully saturated rings.